The van der Waals surface area contributed by atoms with Crippen LogP contribution in [-0.4, -0.2) is 29.4 Å². The Labute approximate surface area is 207 Å². The number of carbonyl (C=O) groups excluding carboxylic acids is 1. The Morgan fingerprint density at radius 3 is 2.67 bits per heavy atom. The van der Waals surface area contributed by atoms with Crippen LogP contribution < -0.4 is 19.6 Å². The van der Waals surface area contributed by atoms with E-state index in [2.05, 4.69) is 27.6 Å². The zero-order chi connectivity index (χ0) is 23.7. The predicted molar refractivity (Wildman–Crippen MR) is 134 cm³/mol. The Kier molecular flexibility index (Phi) is 6.71. The molecule has 1 atom stereocenters. The molecule has 3 aromatic rings. The van der Waals surface area contributed by atoms with E-state index in [-0.39, 0.29) is 17.9 Å². The molecule has 2 heterocycles. The monoisotopic (exact) mass is 576 g/mol. The van der Waals surface area contributed by atoms with Gasteiger partial charge in [-0.05, 0) is 78.4 Å². The fraction of sp³-hybridized carbons (Fsp3) is 0.208. The molecule has 1 N–H and O–H groups in total. The molecule has 2 aromatic carbocycles. The number of hydrogen-bond donors (Lipinski definition) is 1. The molecule has 170 valence electrons. The number of hydrogen-bond acceptors (Lipinski definition) is 7. The first-order chi connectivity index (χ1) is 15.8. The van der Waals surface area contributed by atoms with E-state index in [1.54, 1.807) is 57.4 Å². The van der Waals surface area contributed by atoms with Crippen LogP contribution in [0.15, 0.2) is 63.5 Å². The van der Waals surface area contributed by atoms with Crippen molar-refractivity contribution in [3.8, 4) is 11.5 Å². The van der Waals surface area contributed by atoms with Crippen LogP contribution in [0.5, 0.6) is 11.5 Å². The van der Waals surface area contributed by atoms with Gasteiger partial charge in [-0.15, -0.1) is 0 Å². The largest absolute Gasteiger partial charge is 0.507 e. The lowest BCUT2D eigenvalue weighted by molar-refractivity contribution is -0.139. The number of rotatable bonds is 5. The first kappa shape index (κ1) is 23.2. The highest BCUT2D eigenvalue weighted by molar-refractivity contribution is 14.1. The number of methoxy groups -OCH3 is 1. The zero-order valence-corrected chi connectivity index (χ0v) is 21.1. The second-order valence-electron chi connectivity index (χ2n) is 7.28. The summed E-state index contributed by atoms with van der Waals surface area (Å²) in [7, 11) is 1.58. The fourth-order valence-corrected chi connectivity index (χ4v) is 5.23. The lowest BCUT2D eigenvalue weighted by Crippen LogP contribution is -2.39. The van der Waals surface area contributed by atoms with Gasteiger partial charge in [0.05, 0.1) is 35.6 Å². The summed E-state index contributed by atoms with van der Waals surface area (Å²) in [6.07, 6.45) is 1.65. The van der Waals surface area contributed by atoms with Crippen molar-refractivity contribution in [2.45, 2.75) is 19.9 Å². The number of halogens is 1. The summed E-state index contributed by atoms with van der Waals surface area (Å²) in [4.78, 5) is 31.5. The van der Waals surface area contributed by atoms with Crippen molar-refractivity contribution in [3.63, 3.8) is 0 Å². The second-order valence-corrected chi connectivity index (χ2v) is 9.53. The van der Waals surface area contributed by atoms with E-state index >= 15 is 0 Å². The Morgan fingerprint density at radius 2 is 2.00 bits per heavy atom. The molecule has 0 radical (unpaired) electrons. The molecule has 33 heavy (non-hydrogen) atoms. The van der Waals surface area contributed by atoms with Gasteiger partial charge >= 0.3 is 5.97 Å². The molecule has 0 fully saturated rings. The highest BCUT2D eigenvalue weighted by atomic mass is 127. The van der Waals surface area contributed by atoms with Crippen molar-refractivity contribution in [2.75, 3.05) is 13.7 Å². The number of aromatic nitrogens is 1. The molecule has 0 spiro atoms. The van der Waals surface area contributed by atoms with Gasteiger partial charge in [0.25, 0.3) is 5.56 Å². The number of fused-ring (bicyclic) bond motifs is 1. The molecular weight excluding hydrogens is 555 g/mol. The average Bonchev–Trinajstić information content (AvgIpc) is 3.10. The zero-order valence-electron chi connectivity index (χ0n) is 18.2. The standard InChI is InChI=1S/C24H21IN2O5S/c1-4-32-23(30)20-13(2)26-24-27(21(20)14-5-8-17(31-3)9-6-14)22(29)19(33-24)12-15-11-16(25)7-10-18(15)28/h5-12,21,28H,4H2,1-3H3/b19-12-/t21-/m0/s1. The number of phenolic OH excluding ortho intramolecular Hbond substituents is 1. The molecule has 0 aliphatic carbocycles. The van der Waals surface area contributed by atoms with Gasteiger partial charge < -0.3 is 14.6 Å². The van der Waals surface area contributed by atoms with Crippen LogP contribution >= 0.6 is 33.9 Å². The third-order valence-corrected chi connectivity index (χ3v) is 6.88. The number of aromatic hydroxyl groups is 1. The Hall–Kier alpha value is -2.92. The van der Waals surface area contributed by atoms with Crippen molar-refractivity contribution in [3.05, 3.63) is 88.1 Å². The number of carbonyl (C=O) groups is 1. The summed E-state index contributed by atoms with van der Waals surface area (Å²) in [5.74, 6) is 0.235. The molecule has 0 amide bonds. The minimum Gasteiger partial charge on any atom is -0.507 e. The lowest BCUT2D eigenvalue weighted by atomic mass is 9.96. The maximum absolute atomic E-state index is 13.6. The smallest absolute Gasteiger partial charge is 0.338 e. The molecule has 0 bridgehead atoms. The number of ether oxygens (including phenoxy) is 2. The maximum Gasteiger partial charge on any atom is 0.338 e. The maximum atomic E-state index is 13.6. The van der Waals surface area contributed by atoms with E-state index in [9.17, 15) is 14.7 Å². The van der Waals surface area contributed by atoms with Crippen molar-refractivity contribution >= 4 is 46.0 Å². The summed E-state index contributed by atoms with van der Waals surface area (Å²) >= 11 is 3.36. The molecule has 1 aliphatic heterocycles. The van der Waals surface area contributed by atoms with Gasteiger partial charge in [0.15, 0.2) is 4.80 Å². The van der Waals surface area contributed by atoms with Crippen LogP contribution in [0.3, 0.4) is 0 Å². The molecule has 0 saturated carbocycles. The summed E-state index contributed by atoms with van der Waals surface area (Å²) in [6.45, 7) is 3.69. The minimum atomic E-state index is -0.696. The van der Waals surface area contributed by atoms with Crippen molar-refractivity contribution in [1.29, 1.82) is 0 Å². The van der Waals surface area contributed by atoms with Gasteiger partial charge in [0.1, 0.15) is 11.5 Å². The second kappa shape index (κ2) is 9.52. The molecule has 1 aliphatic rings. The van der Waals surface area contributed by atoms with E-state index in [0.29, 0.717) is 31.9 Å². The first-order valence-corrected chi connectivity index (χ1v) is 12.1. The van der Waals surface area contributed by atoms with E-state index < -0.39 is 12.0 Å². The van der Waals surface area contributed by atoms with E-state index in [4.69, 9.17) is 9.47 Å². The topological polar surface area (TPSA) is 90.1 Å². The molecule has 0 unspecified atom stereocenters. The van der Waals surface area contributed by atoms with Crippen LogP contribution in [0.1, 0.15) is 31.0 Å². The van der Waals surface area contributed by atoms with Crippen LogP contribution in [0.2, 0.25) is 0 Å². The number of esters is 1. The Balaban J connectivity index is 1.96. The first-order valence-electron chi connectivity index (χ1n) is 10.2. The number of thiazole rings is 1. The third kappa shape index (κ3) is 4.47. The fourth-order valence-electron chi connectivity index (χ4n) is 3.68. The number of benzene rings is 2. The van der Waals surface area contributed by atoms with E-state index in [1.165, 1.54) is 15.9 Å². The quantitative estimate of drug-likeness (QED) is 0.373. The number of phenols is 1. The van der Waals surface area contributed by atoms with Gasteiger partial charge in [-0.2, -0.15) is 0 Å². The summed E-state index contributed by atoms with van der Waals surface area (Å²) in [6, 6.07) is 11.7. The highest BCUT2D eigenvalue weighted by Crippen LogP contribution is 2.31. The van der Waals surface area contributed by atoms with Crippen LogP contribution in [0.25, 0.3) is 6.08 Å². The van der Waals surface area contributed by atoms with Gasteiger partial charge in [-0.3, -0.25) is 9.36 Å². The van der Waals surface area contributed by atoms with Gasteiger partial charge in [-0.1, -0.05) is 23.5 Å². The summed E-state index contributed by atoms with van der Waals surface area (Å²) < 4.78 is 13.4. The normalized spacial score (nSPS) is 15.8. The molecular formula is C24H21IN2O5S. The highest BCUT2D eigenvalue weighted by Gasteiger charge is 2.33. The Morgan fingerprint density at radius 1 is 1.27 bits per heavy atom. The van der Waals surface area contributed by atoms with E-state index in [1.807, 2.05) is 12.1 Å². The predicted octanol–water partition coefficient (Wildman–Crippen LogP) is 3.12. The van der Waals surface area contributed by atoms with Crippen molar-refractivity contribution in [2.24, 2.45) is 4.99 Å². The molecule has 7 nitrogen and oxygen atoms in total. The average molecular weight is 576 g/mol. The molecule has 0 saturated heterocycles. The molecule has 9 heteroatoms. The van der Waals surface area contributed by atoms with Crippen LogP contribution in [-0.2, 0) is 9.53 Å². The Bertz CT molecular complexity index is 1440. The van der Waals surface area contributed by atoms with Gasteiger partial charge in [0, 0.05) is 9.13 Å². The van der Waals surface area contributed by atoms with Crippen LogP contribution in [0.4, 0.5) is 0 Å². The number of nitrogens with zero attached hydrogens (tertiary/aromatic N) is 2. The number of allylic oxidation sites excluding steroid dienone is 1. The molecule has 1 aromatic heterocycles. The van der Waals surface area contributed by atoms with Crippen LogP contribution in [0, 0.1) is 3.57 Å². The van der Waals surface area contributed by atoms with Crippen molar-refractivity contribution in [1.82, 2.24) is 4.57 Å². The van der Waals surface area contributed by atoms with Crippen molar-refractivity contribution < 1.29 is 19.4 Å². The van der Waals surface area contributed by atoms with E-state index in [0.717, 1.165) is 9.13 Å². The SMILES string of the molecule is CCOC(=O)C1=C(C)N=c2s/c(=C\c3cc(I)ccc3O)c(=O)n2[C@H]1c1ccc(OC)cc1. The lowest BCUT2D eigenvalue weighted by Gasteiger charge is -2.24. The van der Waals surface area contributed by atoms with Gasteiger partial charge in [-0.25, -0.2) is 9.79 Å². The summed E-state index contributed by atoms with van der Waals surface area (Å²) in [5.41, 5.74) is 1.79. The molecule has 4 rings (SSSR count). The summed E-state index contributed by atoms with van der Waals surface area (Å²) in [5, 5.41) is 10.2. The van der Waals surface area contributed by atoms with Gasteiger partial charge in [0.2, 0.25) is 0 Å². The third-order valence-electron chi connectivity index (χ3n) is 5.22. The minimum absolute atomic E-state index is 0.0800.